The molecular formula is C26H32FN5O2S. The van der Waals surface area contributed by atoms with E-state index in [2.05, 4.69) is 20.8 Å². The average Bonchev–Trinajstić information content (AvgIpc) is 3.21. The van der Waals surface area contributed by atoms with Gasteiger partial charge in [-0.05, 0) is 69.0 Å². The molecule has 9 heteroatoms. The molecule has 0 fully saturated rings. The summed E-state index contributed by atoms with van der Waals surface area (Å²) in [4.78, 5) is 25.4. The van der Waals surface area contributed by atoms with E-state index in [0.717, 1.165) is 22.4 Å². The molecule has 7 nitrogen and oxygen atoms in total. The van der Waals surface area contributed by atoms with E-state index < -0.39 is 11.9 Å². The van der Waals surface area contributed by atoms with Gasteiger partial charge in [0, 0.05) is 17.8 Å². The normalized spacial score (nSPS) is 12.0. The maximum atomic E-state index is 13.2. The lowest BCUT2D eigenvalue weighted by atomic mass is 10.0. The maximum absolute atomic E-state index is 13.2. The largest absolute Gasteiger partial charge is 0.342 e. The second kappa shape index (κ2) is 11.5. The lowest BCUT2D eigenvalue weighted by Gasteiger charge is -2.22. The van der Waals surface area contributed by atoms with Crippen LogP contribution in [0.2, 0.25) is 0 Å². The van der Waals surface area contributed by atoms with Crippen molar-refractivity contribution in [3.63, 3.8) is 0 Å². The third-order valence-electron chi connectivity index (χ3n) is 5.67. The second-order valence-electron chi connectivity index (χ2n) is 8.90. The van der Waals surface area contributed by atoms with E-state index in [4.69, 9.17) is 0 Å². The highest BCUT2D eigenvalue weighted by molar-refractivity contribution is 7.99. The number of hydrogen-bond acceptors (Lipinski definition) is 5. The zero-order valence-electron chi connectivity index (χ0n) is 21.0. The van der Waals surface area contributed by atoms with Gasteiger partial charge in [-0.15, -0.1) is 10.2 Å². The molecule has 35 heavy (non-hydrogen) atoms. The molecule has 0 saturated heterocycles. The van der Waals surface area contributed by atoms with E-state index >= 15 is 0 Å². The molecule has 2 aromatic carbocycles. The minimum Gasteiger partial charge on any atom is -0.342 e. The van der Waals surface area contributed by atoms with Crippen LogP contribution in [-0.4, -0.2) is 32.3 Å². The third kappa shape index (κ3) is 6.48. The van der Waals surface area contributed by atoms with Gasteiger partial charge < -0.3 is 15.2 Å². The first kappa shape index (κ1) is 26.4. The van der Waals surface area contributed by atoms with Gasteiger partial charge in [0.05, 0.1) is 11.8 Å². The van der Waals surface area contributed by atoms with Crippen molar-refractivity contribution >= 4 is 29.3 Å². The number of nitrogens with zero attached hydrogens (tertiary/aromatic N) is 3. The smallest absolute Gasteiger partial charge is 0.251 e. The van der Waals surface area contributed by atoms with Crippen molar-refractivity contribution in [2.24, 2.45) is 5.92 Å². The molecule has 1 atom stereocenters. The number of hydrogen-bond donors (Lipinski definition) is 2. The van der Waals surface area contributed by atoms with Gasteiger partial charge >= 0.3 is 0 Å². The van der Waals surface area contributed by atoms with Crippen molar-refractivity contribution in [3.05, 3.63) is 70.3 Å². The highest BCUT2D eigenvalue weighted by Gasteiger charge is 2.26. The quantitative estimate of drug-likeness (QED) is 0.396. The Morgan fingerprint density at radius 1 is 1.06 bits per heavy atom. The molecule has 1 aromatic heterocycles. The van der Waals surface area contributed by atoms with Crippen LogP contribution in [-0.2, 0) is 11.3 Å². The molecular weight excluding hydrogens is 465 g/mol. The summed E-state index contributed by atoms with van der Waals surface area (Å²) in [5.74, 6) is -0.00659. The van der Waals surface area contributed by atoms with Crippen LogP contribution in [0.3, 0.4) is 0 Å². The summed E-state index contributed by atoms with van der Waals surface area (Å²) in [5.41, 5.74) is 4.41. The van der Waals surface area contributed by atoms with Crippen molar-refractivity contribution in [3.8, 4) is 0 Å². The first-order valence-electron chi connectivity index (χ1n) is 11.6. The number of anilines is 1. The monoisotopic (exact) mass is 497 g/mol. The number of halogens is 1. The molecule has 0 saturated carbocycles. The summed E-state index contributed by atoms with van der Waals surface area (Å²) in [7, 11) is 0. The van der Waals surface area contributed by atoms with E-state index in [1.807, 2.05) is 58.2 Å². The van der Waals surface area contributed by atoms with Crippen molar-refractivity contribution in [2.45, 2.75) is 59.3 Å². The Kier molecular flexibility index (Phi) is 8.67. The fourth-order valence-corrected chi connectivity index (χ4v) is 4.78. The van der Waals surface area contributed by atoms with Gasteiger partial charge in [-0.25, -0.2) is 4.39 Å². The molecule has 1 heterocycles. The van der Waals surface area contributed by atoms with Crippen molar-refractivity contribution < 1.29 is 14.0 Å². The highest BCUT2D eigenvalue weighted by Crippen LogP contribution is 2.26. The van der Waals surface area contributed by atoms with Crippen LogP contribution in [0.5, 0.6) is 0 Å². The molecule has 2 amide bonds. The SMILES string of the molecule is CCn1c(SCC(=O)Nc2c(C)cc(C)cc2C)nnc1C(NC(=O)c1ccc(F)cc1)C(C)C. The molecule has 0 bridgehead atoms. The number of carbonyl (C=O) groups is 2. The van der Waals surface area contributed by atoms with E-state index in [0.29, 0.717) is 23.1 Å². The number of rotatable bonds is 9. The fourth-order valence-electron chi connectivity index (χ4n) is 3.97. The molecule has 1 unspecified atom stereocenters. The van der Waals surface area contributed by atoms with Crippen LogP contribution in [0, 0.1) is 32.5 Å². The lowest BCUT2D eigenvalue weighted by molar-refractivity contribution is -0.113. The zero-order chi connectivity index (χ0) is 25.7. The average molecular weight is 498 g/mol. The Morgan fingerprint density at radius 2 is 1.69 bits per heavy atom. The Balaban J connectivity index is 1.72. The van der Waals surface area contributed by atoms with Gasteiger partial charge in [0.25, 0.3) is 5.91 Å². The lowest BCUT2D eigenvalue weighted by Crippen LogP contribution is -2.33. The summed E-state index contributed by atoms with van der Waals surface area (Å²) >= 11 is 1.30. The summed E-state index contributed by atoms with van der Waals surface area (Å²) in [6.45, 7) is 12.5. The summed E-state index contributed by atoms with van der Waals surface area (Å²) in [6, 6.07) is 9.10. The minimum atomic E-state index is -0.402. The topological polar surface area (TPSA) is 88.9 Å². The van der Waals surface area contributed by atoms with Crippen LogP contribution >= 0.6 is 11.8 Å². The van der Waals surface area contributed by atoms with Gasteiger partial charge in [-0.3, -0.25) is 9.59 Å². The Hall–Kier alpha value is -3.20. The van der Waals surface area contributed by atoms with Gasteiger partial charge in [0.1, 0.15) is 5.82 Å². The Labute approximate surface area is 209 Å². The van der Waals surface area contributed by atoms with Gasteiger partial charge in [-0.1, -0.05) is 43.3 Å². The first-order chi connectivity index (χ1) is 16.6. The minimum absolute atomic E-state index is 0.0301. The standard InChI is InChI=1S/C26H32FN5O2S/c1-7-32-24(22(15(2)3)29-25(34)19-8-10-20(27)11-9-19)30-31-26(32)35-14-21(33)28-23-17(5)12-16(4)13-18(23)6/h8-13,15,22H,7,14H2,1-6H3,(H,28,33)(H,29,34). The molecule has 0 aliphatic heterocycles. The fraction of sp³-hybridized carbons (Fsp3) is 0.385. The van der Waals surface area contributed by atoms with Crippen LogP contribution in [0.1, 0.15) is 59.7 Å². The number of aryl methyl sites for hydroxylation is 3. The predicted molar refractivity (Wildman–Crippen MR) is 137 cm³/mol. The number of aromatic nitrogens is 3. The molecule has 0 spiro atoms. The van der Waals surface area contributed by atoms with Gasteiger partial charge in [0.2, 0.25) is 5.91 Å². The molecule has 3 aromatic rings. The molecule has 0 aliphatic carbocycles. The van der Waals surface area contributed by atoms with Gasteiger partial charge in [-0.2, -0.15) is 0 Å². The van der Waals surface area contributed by atoms with Crippen LogP contribution in [0.25, 0.3) is 0 Å². The van der Waals surface area contributed by atoms with Crippen LogP contribution in [0.15, 0.2) is 41.6 Å². The number of amides is 2. The predicted octanol–water partition coefficient (Wildman–Crippen LogP) is 5.22. The van der Waals surface area contributed by atoms with Crippen molar-refractivity contribution in [2.75, 3.05) is 11.1 Å². The Morgan fingerprint density at radius 3 is 2.26 bits per heavy atom. The Bertz CT molecular complexity index is 1180. The zero-order valence-corrected chi connectivity index (χ0v) is 21.8. The maximum Gasteiger partial charge on any atom is 0.251 e. The van der Waals surface area contributed by atoms with E-state index in [-0.39, 0.29) is 23.5 Å². The summed E-state index contributed by atoms with van der Waals surface area (Å²) < 4.78 is 15.1. The highest BCUT2D eigenvalue weighted by atomic mass is 32.2. The molecule has 186 valence electrons. The molecule has 3 rings (SSSR count). The first-order valence-corrected chi connectivity index (χ1v) is 12.6. The van der Waals surface area contributed by atoms with E-state index in [9.17, 15) is 14.0 Å². The summed E-state index contributed by atoms with van der Waals surface area (Å²) in [6.07, 6.45) is 0. The molecule has 0 aliphatic rings. The van der Waals surface area contributed by atoms with Crippen molar-refractivity contribution in [1.29, 1.82) is 0 Å². The van der Waals surface area contributed by atoms with Crippen molar-refractivity contribution in [1.82, 2.24) is 20.1 Å². The molecule has 2 N–H and O–H groups in total. The summed E-state index contributed by atoms with van der Waals surface area (Å²) in [5, 5.41) is 15.3. The van der Waals surface area contributed by atoms with Gasteiger partial charge in [0.15, 0.2) is 11.0 Å². The van der Waals surface area contributed by atoms with E-state index in [1.54, 1.807) is 0 Å². The third-order valence-corrected chi connectivity index (χ3v) is 6.64. The number of nitrogens with one attached hydrogen (secondary N) is 2. The number of thioether (sulfide) groups is 1. The van der Waals surface area contributed by atoms with E-state index in [1.165, 1.54) is 36.0 Å². The van der Waals surface area contributed by atoms with Crippen LogP contribution in [0.4, 0.5) is 10.1 Å². The second-order valence-corrected chi connectivity index (χ2v) is 9.84. The van der Waals surface area contributed by atoms with Crippen LogP contribution < -0.4 is 10.6 Å². The number of benzene rings is 2. The number of carbonyl (C=O) groups excluding carboxylic acids is 2. The molecule has 0 radical (unpaired) electrons.